The minimum atomic E-state index is -0.516. The van der Waals surface area contributed by atoms with Gasteiger partial charge in [-0.2, -0.15) is 5.10 Å². The number of hydrogen-bond acceptors (Lipinski definition) is 6. The number of aromatic nitrogens is 2. The van der Waals surface area contributed by atoms with E-state index in [0.29, 0.717) is 16.1 Å². The van der Waals surface area contributed by atoms with Gasteiger partial charge >= 0.3 is 0 Å². The van der Waals surface area contributed by atoms with Gasteiger partial charge in [0.15, 0.2) is 6.61 Å². The zero-order valence-corrected chi connectivity index (χ0v) is 19.3. The van der Waals surface area contributed by atoms with Gasteiger partial charge in [0, 0.05) is 28.3 Å². The Kier molecular flexibility index (Phi) is 7.18. The van der Waals surface area contributed by atoms with Gasteiger partial charge < -0.3 is 4.74 Å². The van der Waals surface area contributed by atoms with Crippen molar-refractivity contribution < 1.29 is 14.5 Å². The molecule has 176 valence electrons. The molecule has 0 aliphatic carbocycles. The summed E-state index contributed by atoms with van der Waals surface area (Å²) in [5.74, 6) is -0.255. The lowest BCUT2D eigenvalue weighted by molar-refractivity contribution is -0.384. The molecule has 1 aromatic heterocycles. The summed E-state index contributed by atoms with van der Waals surface area (Å²) < 4.78 is 5.72. The number of nitrogens with zero attached hydrogens (tertiary/aromatic N) is 3. The molecule has 4 aromatic rings. The number of rotatable bonds is 8. The fourth-order valence-corrected chi connectivity index (χ4v) is 3.43. The van der Waals surface area contributed by atoms with E-state index in [9.17, 15) is 14.9 Å². The molecule has 0 radical (unpaired) electrons. The zero-order valence-electron chi connectivity index (χ0n) is 18.6. The quantitative estimate of drug-likeness (QED) is 0.201. The van der Waals surface area contributed by atoms with Gasteiger partial charge in [0.2, 0.25) is 5.88 Å². The Morgan fingerprint density at radius 1 is 1.14 bits per heavy atom. The second-order valence-electron chi connectivity index (χ2n) is 7.59. The number of non-ortho nitro benzene ring substituents is 1. The molecule has 3 aromatic carbocycles. The van der Waals surface area contributed by atoms with Crippen molar-refractivity contribution in [1.82, 2.24) is 15.6 Å². The summed E-state index contributed by atoms with van der Waals surface area (Å²) in [4.78, 5) is 22.6. The van der Waals surface area contributed by atoms with Crippen molar-refractivity contribution in [2.24, 2.45) is 5.10 Å². The molecule has 0 saturated heterocycles. The molecular formula is C25H20ClN5O4. The summed E-state index contributed by atoms with van der Waals surface area (Å²) >= 11 is 6.03. The lowest BCUT2D eigenvalue weighted by atomic mass is 10.0. The van der Waals surface area contributed by atoms with E-state index >= 15 is 0 Å². The molecule has 35 heavy (non-hydrogen) atoms. The molecule has 9 nitrogen and oxygen atoms in total. The second kappa shape index (κ2) is 10.6. The molecule has 0 fully saturated rings. The topological polar surface area (TPSA) is 123 Å². The maximum Gasteiger partial charge on any atom is 0.278 e. The van der Waals surface area contributed by atoms with E-state index in [4.69, 9.17) is 16.3 Å². The smallest absolute Gasteiger partial charge is 0.278 e. The highest BCUT2D eigenvalue weighted by molar-refractivity contribution is 6.30. The average Bonchev–Trinajstić information content (AvgIpc) is 3.28. The molecule has 0 spiro atoms. The van der Waals surface area contributed by atoms with E-state index in [-0.39, 0.29) is 18.2 Å². The maximum atomic E-state index is 12.3. The largest absolute Gasteiger partial charge is 0.466 e. The number of benzene rings is 3. The van der Waals surface area contributed by atoms with Crippen LogP contribution in [0.2, 0.25) is 5.02 Å². The van der Waals surface area contributed by atoms with Crippen molar-refractivity contribution in [2.45, 2.75) is 6.92 Å². The van der Waals surface area contributed by atoms with Gasteiger partial charge in [-0.15, -0.1) is 5.10 Å². The van der Waals surface area contributed by atoms with Crippen molar-refractivity contribution in [2.75, 3.05) is 6.61 Å². The summed E-state index contributed by atoms with van der Waals surface area (Å²) in [6, 6.07) is 21.1. The average molecular weight is 490 g/mol. The summed E-state index contributed by atoms with van der Waals surface area (Å²) in [5, 5.41) is 22.6. The van der Waals surface area contributed by atoms with Crippen LogP contribution >= 0.6 is 11.6 Å². The molecule has 0 aliphatic rings. The SMILES string of the molecule is Cc1ccc(-c2c(OCC(=O)N/N=C/c3cccc([N+](=O)[O-])c3)n[nH]c2-c2ccc(Cl)cc2)cc1. The fourth-order valence-electron chi connectivity index (χ4n) is 3.31. The number of nitro groups is 1. The van der Waals surface area contributed by atoms with Gasteiger partial charge in [-0.25, -0.2) is 5.43 Å². The predicted molar refractivity (Wildman–Crippen MR) is 134 cm³/mol. The van der Waals surface area contributed by atoms with Crippen LogP contribution in [-0.2, 0) is 4.79 Å². The molecule has 0 saturated carbocycles. The van der Waals surface area contributed by atoms with E-state index in [1.807, 2.05) is 43.3 Å². The molecule has 4 rings (SSSR count). The number of halogens is 1. The Balaban J connectivity index is 1.49. The van der Waals surface area contributed by atoms with Crippen molar-refractivity contribution in [3.63, 3.8) is 0 Å². The Morgan fingerprint density at radius 3 is 2.57 bits per heavy atom. The normalized spacial score (nSPS) is 10.9. The van der Waals surface area contributed by atoms with Crippen LogP contribution in [0.5, 0.6) is 5.88 Å². The second-order valence-corrected chi connectivity index (χ2v) is 8.02. The van der Waals surface area contributed by atoms with Crippen LogP contribution in [0.4, 0.5) is 5.69 Å². The Hall–Kier alpha value is -4.50. The van der Waals surface area contributed by atoms with E-state index in [1.165, 1.54) is 24.4 Å². The Morgan fingerprint density at radius 2 is 1.86 bits per heavy atom. The first-order chi connectivity index (χ1) is 16.9. The van der Waals surface area contributed by atoms with Gasteiger partial charge in [0.05, 0.1) is 22.4 Å². The van der Waals surface area contributed by atoms with Gasteiger partial charge in [-0.3, -0.25) is 20.0 Å². The molecule has 0 unspecified atom stereocenters. The summed E-state index contributed by atoms with van der Waals surface area (Å²) in [7, 11) is 0. The molecule has 0 atom stereocenters. The molecule has 10 heteroatoms. The summed E-state index contributed by atoms with van der Waals surface area (Å²) in [6.45, 7) is 1.66. The molecule has 1 heterocycles. The van der Waals surface area contributed by atoms with Crippen LogP contribution < -0.4 is 10.2 Å². The number of ether oxygens (including phenoxy) is 1. The lowest BCUT2D eigenvalue weighted by Crippen LogP contribution is -2.24. The molecule has 1 amide bonds. The summed E-state index contributed by atoms with van der Waals surface area (Å²) in [6.07, 6.45) is 1.32. The van der Waals surface area contributed by atoms with Crippen molar-refractivity contribution in [1.29, 1.82) is 0 Å². The van der Waals surface area contributed by atoms with E-state index in [1.54, 1.807) is 18.2 Å². The number of carbonyl (C=O) groups excluding carboxylic acids is 1. The van der Waals surface area contributed by atoms with E-state index < -0.39 is 10.8 Å². The van der Waals surface area contributed by atoms with Crippen LogP contribution in [0, 0.1) is 17.0 Å². The Bertz CT molecular complexity index is 1380. The molecule has 0 aliphatic heterocycles. The number of amides is 1. The molecular weight excluding hydrogens is 470 g/mol. The zero-order chi connectivity index (χ0) is 24.8. The third kappa shape index (κ3) is 5.90. The predicted octanol–water partition coefficient (Wildman–Crippen LogP) is 5.14. The number of nitrogens with one attached hydrogen (secondary N) is 2. The lowest BCUT2D eigenvalue weighted by Gasteiger charge is -2.08. The van der Waals surface area contributed by atoms with Crippen LogP contribution in [-0.4, -0.2) is 33.8 Å². The number of aromatic amines is 1. The number of nitro benzene ring substituents is 1. The van der Waals surface area contributed by atoms with Crippen LogP contribution in [0.15, 0.2) is 77.9 Å². The monoisotopic (exact) mass is 489 g/mol. The van der Waals surface area contributed by atoms with Crippen LogP contribution in [0.25, 0.3) is 22.4 Å². The summed E-state index contributed by atoms with van der Waals surface area (Å²) in [5.41, 5.74) is 7.02. The van der Waals surface area contributed by atoms with Crippen LogP contribution in [0.1, 0.15) is 11.1 Å². The first-order valence-corrected chi connectivity index (χ1v) is 10.9. The minimum absolute atomic E-state index is 0.0673. The minimum Gasteiger partial charge on any atom is -0.466 e. The Labute approximate surface area is 205 Å². The number of carbonyl (C=O) groups is 1. The van der Waals surface area contributed by atoms with E-state index in [0.717, 1.165) is 22.4 Å². The number of aryl methyl sites for hydroxylation is 1. The van der Waals surface area contributed by atoms with Gasteiger partial charge in [-0.05, 0) is 24.6 Å². The van der Waals surface area contributed by atoms with Crippen molar-refractivity contribution >= 4 is 29.4 Å². The van der Waals surface area contributed by atoms with Crippen LogP contribution in [0.3, 0.4) is 0 Å². The standard InChI is InChI=1S/C25H20ClN5O4/c1-16-5-7-18(8-6-16)23-24(19-9-11-20(26)12-10-19)29-30-25(23)35-15-22(32)28-27-14-17-3-2-4-21(13-17)31(33)34/h2-14H,15H2,1H3,(H,28,32)(H,29,30)/b27-14+. The van der Waals surface area contributed by atoms with Gasteiger partial charge in [-0.1, -0.05) is 65.7 Å². The molecule has 2 N–H and O–H groups in total. The maximum absolute atomic E-state index is 12.3. The third-order valence-corrected chi connectivity index (χ3v) is 5.28. The first kappa shape index (κ1) is 23.7. The van der Waals surface area contributed by atoms with Crippen molar-refractivity contribution in [3.05, 3.63) is 99.1 Å². The first-order valence-electron chi connectivity index (χ1n) is 10.5. The molecule has 0 bridgehead atoms. The number of hydrogen-bond donors (Lipinski definition) is 2. The third-order valence-electron chi connectivity index (χ3n) is 5.03. The highest BCUT2D eigenvalue weighted by Gasteiger charge is 2.19. The fraction of sp³-hybridized carbons (Fsp3) is 0.0800. The highest BCUT2D eigenvalue weighted by Crippen LogP contribution is 2.37. The highest BCUT2D eigenvalue weighted by atomic mass is 35.5. The number of H-pyrrole nitrogens is 1. The number of hydrazone groups is 1. The van der Waals surface area contributed by atoms with Crippen molar-refractivity contribution in [3.8, 4) is 28.3 Å². The van der Waals surface area contributed by atoms with E-state index in [2.05, 4.69) is 20.7 Å². The van der Waals surface area contributed by atoms with Gasteiger partial charge in [0.1, 0.15) is 0 Å². The van der Waals surface area contributed by atoms with Gasteiger partial charge in [0.25, 0.3) is 11.6 Å².